The topological polar surface area (TPSA) is 391 Å². The van der Waals surface area contributed by atoms with Gasteiger partial charge in [0.15, 0.2) is 16.9 Å². The molecule has 3 aromatic carbocycles. The van der Waals surface area contributed by atoms with Crippen molar-refractivity contribution in [1.29, 1.82) is 0 Å². The zero-order chi connectivity index (χ0) is 70.7. The Kier molecular flexibility index (Phi) is 21.3. The lowest BCUT2D eigenvalue weighted by Gasteiger charge is -2.65. The van der Waals surface area contributed by atoms with E-state index in [2.05, 4.69) is 46.7 Å². The molecule has 4 saturated carbocycles. The molecule has 31 heteroatoms. The van der Waals surface area contributed by atoms with E-state index in [1.807, 2.05) is 41.9 Å². The number of carbonyl (C=O) groups is 6. The van der Waals surface area contributed by atoms with Gasteiger partial charge in [0.25, 0.3) is 21.9 Å². The number of thiazole rings is 1. The standard InChI is InChI=1S/C69H81N9O20S2/c1-41-48(47-13-14-53(74-57(47)62(85)86)76-21-17-43-7-5-8-44(49(43)35-76)33-71-65-73-50-9-3-4-10-52(50)99-65)34-72-78(41)40-68-31-42-30-67(2,37-68)38-69(32-42,39-68)96-25-23-75(20-6-28-100(90,91)92)66(89)95-36-45-11-12-46(97-64-60(84)58(82)59(83)61(98-64)63(87)88)29-51(45)94-27-26-93-24-19-70-54(79)18-22-77-55(80)15-16-56(77)81/h3-5,7-16,29,34,42,58-61,64,82-84H,6,17-28,30-33,35-40H2,1-2H3,(H,70,79)(H,71,73)(H,85,86)(H,87,88)(H,90,91,92)/t42?,58-,59-,60+,61-,64+,67?,68?,69?/m0/s1. The molecular formula is C69H81N9O20S2. The van der Waals surface area contributed by atoms with Gasteiger partial charge in [0, 0.05) is 99.4 Å². The van der Waals surface area contributed by atoms with Crippen LogP contribution in [0.5, 0.6) is 11.5 Å². The first-order valence-electron chi connectivity index (χ1n) is 33.3. The predicted molar refractivity (Wildman–Crippen MR) is 360 cm³/mol. The molecule has 3 aliphatic heterocycles. The molecule has 534 valence electrons. The highest BCUT2D eigenvalue weighted by Gasteiger charge is 2.62. The number of carboxylic acids is 2. The summed E-state index contributed by atoms with van der Waals surface area (Å²) in [6.45, 7) is 5.87. The van der Waals surface area contributed by atoms with Crippen LogP contribution < -0.4 is 25.0 Å². The van der Waals surface area contributed by atoms with Crippen LogP contribution in [0, 0.1) is 23.7 Å². The molecule has 0 radical (unpaired) electrons. The van der Waals surface area contributed by atoms with Crippen molar-refractivity contribution < 1.29 is 95.7 Å². The van der Waals surface area contributed by atoms with Crippen molar-refractivity contribution in [3.05, 3.63) is 125 Å². The van der Waals surface area contributed by atoms with Gasteiger partial charge in [-0.25, -0.2) is 24.4 Å². The Morgan fingerprint density at radius 3 is 2.44 bits per heavy atom. The molecular weight excluding hydrogens is 1340 g/mol. The molecule has 4 aliphatic carbocycles. The number of carbonyl (C=O) groups excluding carboxylic acids is 4. The van der Waals surface area contributed by atoms with Gasteiger partial charge in [-0.3, -0.25) is 28.5 Å². The number of aliphatic hydroxyl groups is 3. The van der Waals surface area contributed by atoms with Crippen molar-refractivity contribution in [3.63, 3.8) is 0 Å². The molecule has 6 aromatic rings. The fourth-order valence-electron chi connectivity index (χ4n) is 15.7. The second-order valence-electron chi connectivity index (χ2n) is 27.1. The first-order chi connectivity index (χ1) is 47.8. The molecule has 5 fully saturated rings. The number of aromatic carboxylic acids is 1. The zero-order valence-corrected chi connectivity index (χ0v) is 56.9. The van der Waals surface area contributed by atoms with E-state index in [-0.39, 0.29) is 99.0 Å². The van der Waals surface area contributed by atoms with Crippen LogP contribution in [0.2, 0.25) is 0 Å². The van der Waals surface area contributed by atoms with Gasteiger partial charge in [-0.2, -0.15) is 13.5 Å². The highest BCUT2D eigenvalue weighted by Crippen LogP contribution is 2.68. The van der Waals surface area contributed by atoms with Crippen LogP contribution >= 0.6 is 11.3 Å². The predicted octanol–water partition coefficient (Wildman–Crippen LogP) is 5.50. The van der Waals surface area contributed by atoms with E-state index in [0.29, 0.717) is 55.5 Å². The number of aliphatic hydroxyl groups excluding tert-OH is 3. The van der Waals surface area contributed by atoms with E-state index in [1.165, 1.54) is 34.2 Å². The molecule has 4 amide bonds. The number of para-hydroxylation sites is 1. The molecule has 100 heavy (non-hydrogen) atoms. The van der Waals surface area contributed by atoms with Crippen molar-refractivity contribution in [2.24, 2.45) is 16.7 Å². The number of hydrogen-bond acceptors (Lipinski definition) is 23. The Balaban J connectivity index is 0.689. The summed E-state index contributed by atoms with van der Waals surface area (Å²) in [5, 5.41) is 63.7. The summed E-state index contributed by atoms with van der Waals surface area (Å²) in [4.78, 5) is 89.2. The Morgan fingerprint density at radius 1 is 0.860 bits per heavy atom. The van der Waals surface area contributed by atoms with Gasteiger partial charge in [0.1, 0.15) is 48.8 Å². The highest BCUT2D eigenvalue weighted by atomic mass is 32.2. The van der Waals surface area contributed by atoms with Gasteiger partial charge in [-0.1, -0.05) is 48.6 Å². The van der Waals surface area contributed by atoms with Crippen LogP contribution in [-0.4, -0.2) is 205 Å². The van der Waals surface area contributed by atoms with Crippen LogP contribution in [0.3, 0.4) is 0 Å². The minimum atomic E-state index is -4.42. The monoisotopic (exact) mass is 1420 g/mol. The van der Waals surface area contributed by atoms with E-state index >= 15 is 0 Å². The fraction of sp³-hybridized carbons (Fsp3) is 0.493. The van der Waals surface area contributed by atoms with E-state index in [1.54, 1.807) is 17.5 Å². The number of rotatable bonds is 31. The second-order valence-corrected chi connectivity index (χ2v) is 29.7. The largest absolute Gasteiger partial charge is 0.491 e. The van der Waals surface area contributed by atoms with Gasteiger partial charge in [-0.05, 0) is 128 Å². The number of anilines is 2. The molecule has 6 heterocycles. The second kappa shape index (κ2) is 29.9. The van der Waals surface area contributed by atoms with Crippen molar-refractivity contribution in [2.45, 2.75) is 134 Å². The number of amides is 4. The third-order valence-corrected chi connectivity index (χ3v) is 21.4. The molecule has 0 spiro atoms. The van der Waals surface area contributed by atoms with Crippen LogP contribution in [0.25, 0.3) is 21.3 Å². The van der Waals surface area contributed by atoms with Gasteiger partial charge in [0.2, 0.25) is 12.2 Å². The fourth-order valence-corrected chi connectivity index (χ4v) is 17.1. The van der Waals surface area contributed by atoms with E-state index < -0.39 is 94.5 Å². The number of benzene rings is 3. The number of aliphatic carboxylic acids is 1. The van der Waals surface area contributed by atoms with Crippen LogP contribution in [0.15, 0.2) is 91.1 Å². The third-order valence-electron chi connectivity index (χ3n) is 19.6. The Hall–Kier alpha value is -8.66. The highest BCUT2D eigenvalue weighted by molar-refractivity contribution is 7.85. The maximum Gasteiger partial charge on any atom is 0.410 e. The summed E-state index contributed by atoms with van der Waals surface area (Å²) in [5.41, 5.74) is 5.69. The number of nitrogens with one attached hydrogen (secondary N) is 2. The Morgan fingerprint density at radius 2 is 1.67 bits per heavy atom. The molecule has 8 N–H and O–H groups in total. The number of hydrogen-bond donors (Lipinski definition) is 8. The number of aromatic nitrogens is 4. The smallest absolute Gasteiger partial charge is 0.410 e. The first kappa shape index (κ1) is 71.2. The molecule has 4 bridgehead atoms. The maximum absolute atomic E-state index is 14.2. The Bertz CT molecular complexity index is 4180. The molecule has 7 aliphatic rings. The SMILES string of the molecule is Cc1c(-c2ccc(N3CCc4cccc(CNc5nc6ccccc6s5)c4C3)nc2C(=O)O)cnn1CC12CC3CC(C)(C1)CC(OCCN(CCCS(=O)(=O)O)C(=O)OCc1ccc(O[C@@H]4O[C@H](C(=O)O)[C@@H](O)[C@H](O)[C@H]4O)cc1OCCOCCNC(=O)CCN1C(=O)C=CC1=O)(C3)C2. The zero-order valence-electron chi connectivity index (χ0n) is 55.2. The number of carboxylic acid groups (broad SMARTS) is 2. The lowest BCUT2D eigenvalue weighted by Crippen LogP contribution is -2.61. The number of fused-ring (bicyclic) bond motifs is 2. The lowest BCUT2D eigenvalue weighted by atomic mass is 9.43. The molecule has 29 nitrogen and oxygen atoms in total. The van der Waals surface area contributed by atoms with Crippen LogP contribution in [-0.2, 0) is 80.9 Å². The maximum atomic E-state index is 14.2. The van der Waals surface area contributed by atoms with Crippen molar-refractivity contribution in [1.82, 2.24) is 34.9 Å². The summed E-state index contributed by atoms with van der Waals surface area (Å²) >= 11 is 1.61. The summed E-state index contributed by atoms with van der Waals surface area (Å²) in [7, 11) is -4.42. The molecule has 1 saturated heterocycles. The minimum Gasteiger partial charge on any atom is -0.491 e. The third kappa shape index (κ3) is 16.4. The average Bonchev–Trinajstić information content (AvgIpc) is 0.731. The normalized spacial score (nSPS) is 24.5. The number of pyridine rings is 1. The Labute approximate surface area is 579 Å². The quantitative estimate of drug-likeness (QED) is 0.0151. The first-order valence-corrected chi connectivity index (χ1v) is 35.7. The van der Waals surface area contributed by atoms with Gasteiger partial charge < -0.3 is 74.4 Å². The van der Waals surface area contributed by atoms with Gasteiger partial charge in [-0.15, -0.1) is 0 Å². The van der Waals surface area contributed by atoms with E-state index in [4.69, 9.17) is 43.5 Å². The van der Waals surface area contributed by atoms with Crippen molar-refractivity contribution in [2.75, 3.05) is 75.1 Å². The van der Waals surface area contributed by atoms with Gasteiger partial charge in [0.05, 0.1) is 47.6 Å². The summed E-state index contributed by atoms with van der Waals surface area (Å²) in [6.07, 6.45) is -0.861. The van der Waals surface area contributed by atoms with E-state index in [9.17, 15) is 67.3 Å². The minimum absolute atomic E-state index is 0.0268. The molecule has 3 aromatic heterocycles. The summed E-state index contributed by atoms with van der Waals surface area (Å²) in [5.74, 6) is -3.98. The molecule has 9 atom stereocenters. The number of ether oxygens (including phenoxy) is 6. The van der Waals surface area contributed by atoms with Crippen molar-refractivity contribution in [3.8, 4) is 22.6 Å². The average molecular weight is 1420 g/mol. The summed E-state index contributed by atoms with van der Waals surface area (Å²) < 4.78 is 72.3. The van der Waals surface area contributed by atoms with Gasteiger partial charge >= 0.3 is 18.0 Å². The van der Waals surface area contributed by atoms with Crippen LogP contribution in [0.4, 0.5) is 15.7 Å². The van der Waals surface area contributed by atoms with Crippen LogP contribution in [0.1, 0.15) is 96.7 Å². The lowest BCUT2D eigenvalue weighted by molar-refractivity contribution is -0.271. The molecule has 4 unspecified atom stereocenters. The van der Waals surface area contributed by atoms with Crippen molar-refractivity contribution >= 4 is 78.4 Å². The number of imide groups is 1. The molecule has 13 rings (SSSR count). The van der Waals surface area contributed by atoms with E-state index in [0.717, 1.165) is 82.2 Å². The number of nitrogens with zero attached hydrogens (tertiary/aromatic N) is 7. The summed E-state index contributed by atoms with van der Waals surface area (Å²) in [6, 6.07) is 22.2.